The Kier molecular flexibility index (Phi) is 4.29. The molecule has 0 unspecified atom stereocenters. The number of nitrogens with zero attached hydrogens (tertiary/aromatic N) is 2. The van der Waals surface area contributed by atoms with Gasteiger partial charge in [-0.3, -0.25) is 14.4 Å². The van der Waals surface area contributed by atoms with Crippen molar-refractivity contribution in [2.24, 2.45) is 0 Å². The zero-order chi connectivity index (χ0) is 16.4. The second kappa shape index (κ2) is 6.37. The van der Waals surface area contributed by atoms with E-state index in [0.29, 0.717) is 19.5 Å². The van der Waals surface area contributed by atoms with Crippen LogP contribution in [0, 0.1) is 0 Å². The summed E-state index contributed by atoms with van der Waals surface area (Å²) in [4.78, 5) is 39.5. The van der Waals surface area contributed by atoms with E-state index in [9.17, 15) is 14.4 Å². The highest BCUT2D eigenvalue weighted by atomic mass is 16.3. The molecule has 0 aromatic heterocycles. The minimum Gasteiger partial charge on any atom is -0.387 e. The Morgan fingerprint density at radius 2 is 1.96 bits per heavy atom. The van der Waals surface area contributed by atoms with Crippen molar-refractivity contribution in [2.45, 2.75) is 18.5 Å². The van der Waals surface area contributed by atoms with Crippen LogP contribution >= 0.6 is 0 Å². The van der Waals surface area contributed by atoms with Crippen molar-refractivity contribution in [2.75, 3.05) is 26.2 Å². The van der Waals surface area contributed by atoms with Crippen molar-refractivity contribution >= 4 is 17.7 Å². The molecule has 2 aliphatic heterocycles. The Morgan fingerprint density at radius 3 is 2.65 bits per heavy atom. The molecule has 7 nitrogen and oxygen atoms in total. The molecule has 2 N–H and O–H groups in total. The van der Waals surface area contributed by atoms with Gasteiger partial charge in [0, 0.05) is 19.5 Å². The number of amides is 3. The number of aliphatic hydroxyl groups is 1. The topological polar surface area (TPSA) is 90.0 Å². The number of carbonyl (C=O) groups is 3. The zero-order valence-corrected chi connectivity index (χ0v) is 12.6. The van der Waals surface area contributed by atoms with Gasteiger partial charge >= 0.3 is 0 Å². The van der Waals surface area contributed by atoms with E-state index < -0.39 is 24.6 Å². The molecule has 7 heteroatoms. The number of aliphatic hydroxyl groups excluding tert-OH is 1. The van der Waals surface area contributed by atoms with Crippen molar-refractivity contribution in [3.05, 3.63) is 35.9 Å². The lowest BCUT2D eigenvalue weighted by molar-refractivity contribution is -0.156. The average Bonchev–Trinajstić information content (AvgIpc) is 2.59. The van der Waals surface area contributed by atoms with Gasteiger partial charge in [0.1, 0.15) is 18.7 Å². The summed E-state index contributed by atoms with van der Waals surface area (Å²) in [6.07, 6.45) is 0.452. The first kappa shape index (κ1) is 15.5. The van der Waals surface area contributed by atoms with Crippen LogP contribution in [0.5, 0.6) is 0 Å². The van der Waals surface area contributed by atoms with Crippen molar-refractivity contribution < 1.29 is 19.5 Å². The Hall–Kier alpha value is -2.41. The summed E-state index contributed by atoms with van der Waals surface area (Å²) < 4.78 is 0. The average molecular weight is 317 g/mol. The molecule has 3 rings (SSSR count). The fourth-order valence-corrected chi connectivity index (χ4v) is 3.12. The molecule has 2 saturated heterocycles. The normalized spacial score (nSPS) is 24.2. The van der Waals surface area contributed by atoms with Gasteiger partial charge < -0.3 is 20.2 Å². The number of fused-ring (bicyclic) bond motifs is 1. The molecule has 122 valence electrons. The van der Waals surface area contributed by atoms with E-state index in [1.807, 2.05) is 30.3 Å². The number of rotatable bonds is 3. The summed E-state index contributed by atoms with van der Waals surface area (Å²) in [5.74, 6) is -0.785. The maximum absolute atomic E-state index is 12.6. The van der Waals surface area contributed by atoms with Gasteiger partial charge in [0.05, 0.1) is 6.54 Å². The van der Waals surface area contributed by atoms with Crippen LogP contribution in [-0.4, -0.2) is 71.0 Å². The third kappa shape index (κ3) is 3.05. The smallest absolute Gasteiger partial charge is 0.248 e. The van der Waals surface area contributed by atoms with Crippen LogP contribution in [0.15, 0.2) is 30.3 Å². The number of hydrogen-bond donors (Lipinski definition) is 2. The quantitative estimate of drug-likeness (QED) is 0.730. The van der Waals surface area contributed by atoms with Gasteiger partial charge in [-0.25, -0.2) is 0 Å². The van der Waals surface area contributed by atoms with E-state index in [0.717, 1.165) is 5.56 Å². The van der Waals surface area contributed by atoms with Crippen LogP contribution < -0.4 is 5.32 Å². The molecule has 23 heavy (non-hydrogen) atoms. The van der Waals surface area contributed by atoms with Gasteiger partial charge in [-0.15, -0.1) is 0 Å². The summed E-state index contributed by atoms with van der Waals surface area (Å²) in [7, 11) is 0. The van der Waals surface area contributed by atoms with Crippen molar-refractivity contribution in [3.63, 3.8) is 0 Å². The minimum atomic E-state index is -0.668. The third-order valence-electron chi connectivity index (χ3n) is 4.35. The van der Waals surface area contributed by atoms with E-state index >= 15 is 0 Å². The molecule has 3 amide bonds. The Morgan fingerprint density at radius 1 is 1.22 bits per heavy atom. The lowest BCUT2D eigenvalue weighted by Crippen LogP contribution is -2.70. The molecule has 2 fully saturated rings. The monoisotopic (exact) mass is 317 g/mol. The van der Waals surface area contributed by atoms with Gasteiger partial charge in [-0.05, 0) is 5.56 Å². The summed E-state index contributed by atoms with van der Waals surface area (Å²) >= 11 is 0. The summed E-state index contributed by atoms with van der Waals surface area (Å²) in [5, 5.41) is 11.7. The van der Waals surface area contributed by atoms with E-state index in [-0.39, 0.29) is 18.4 Å². The molecular formula is C16H19N3O4. The first-order valence-corrected chi connectivity index (χ1v) is 7.63. The highest BCUT2D eigenvalue weighted by Crippen LogP contribution is 2.18. The second-order valence-electron chi connectivity index (χ2n) is 5.80. The van der Waals surface area contributed by atoms with Crippen LogP contribution in [-0.2, 0) is 20.8 Å². The molecule has 2 aliphatic rings. The lowest BCUT2D eigenvalue weighted by Gasteiger charge is -2.45. The number of nitrogens with one attached hydrogen (secondary N) is 1. The first-order chi connectivity index (χ1) is 11.1. The highest BCUT2D eigenvalue weighted by molar-refractivity contribution is 5.98. The molecule has 2 atom stereocenters. The van der Waals surface area contributed by atoms with Gasteiger partial charge in [0.15, 0.2) is 0 Å². The molecule has 0 bridgehead atoms. The van der Waals surface area contributed by atoms with Crippen molar-refractivity contribution in [1.82, 2.24) is 15.1 Å². The lowest BCUT2D eigenvalue weighted by atomic mass is 9.98. The van der Waals surface area contributed by atoms with E-state index in [1.165, 1.54) is 4.90 Å². The summed E-state index contributed by atoms with van der Waals surface area (Å²) in [6.45, 7) is 0.203. The van der Waals surface area contributed by atoms with Crippen LogP contribution in [0.1, 0.15) is 5.56 Å². The first-order valence-electron chi connectivity index (χ1n) is 7.63. The number of benzene rings is 1. The molecule has 0 aliphatic carbocycles. The van der Waals surface area contributed by atoms with Gasteiger partial charge in [-0.1, -0.05) is 30.3 Å². The Balaban J connectivity index is 1.71. The number of piperazine rings is 2. The maximum Gasteiger partial charge on any atom is 0.248 e. The molecule has 1 aromatic rings. The van der Waals surface area contributed by atoms with Crippen LogP contribution in [0.2, 0.25) is 0 Å². The van der Waals surface area contributed by atoms with E-state index in [4.69, 9.17) is 5.11 Å². The summed E-state index contributed by atoms with van der Waals surface area (Å²) in [5.41, 5.74) is 0.985. The standard InChI is InChI=1S/C16H19N3O4/c20-10-14(21)18-6-7-19-13(9-18)15(22)17-12(16(19)23)8-11-4-2-1-3-5-11/h1-5,12-13,20H,6-10H2,(H,17,22)/t12-,13-/m0/s1. The zero-order valence-electron chi connectivity index (χ0n) is 12.6. The molecule has 2 heterocycles. The summed E-state index contributed by atoms with van der Waals surface area (Å²) in [6, 6.07) is 8.30. The molecular weight excluding hydrogens is 298 g/mol. The van der Waals surface area contributed by atoms with Crippen molar-refractivity contribution in [3.8, 4) is 0 Å². The Bertz CT molecular complexity index is 619. The van der Waals surface area contributed by atoms with Crippen LogP contribution in [0.25, 0.3) is 0 Å². The Labute approximate surface area is 133 Å². The van der Waals surface area contributed by atoms with E-state index in [1.54, 1.807) is 4.90 Å². The van der Waals surface area contributed by atoms with E-state index in [2.05, 4.69) is 5.32 Å². The van der Waals surface area contributed by atoms with Gasteiger partial charge in [0.25, 0.3) is 0 Å². The minimum absolute atomic E-state index is 0.116. The van der Waals surface area contributed by atoms with Gasteiger partial charge in [0.2, 0.25) is 17.7 Å². The number of carbonyl (C=O) groups excluding carboxylic acids is 3. The fourth-order valence-electron chi connectivity index (χ4n) is 3.12. The SMILES string of the molecule is O=C1N[C@@H](Cc2ccccc2)C(=O)N2CCN(C(=O)CO)C[C@@H]12. The number of hydrogen-bond acceptors (Lipinski definition) is 4. The second-order valence-corrected chi connectivity index (χ2v) is 5.80. The molecule has 1 aromatic carbocycles. The molecule has 0 saturated carbocycles. The predicted octanol–water partition coefficient (Wildman–Crippen LogP) is -1.24. The highest BCUT2D eigenvalue weighted by Gasteiger charge is 2.43. The van der Waals surface area contributed by atoms with Crippen molar-refractivity contribution in [1.29, 1.82) is 0 Å². The third-order valence-corrected chi connectivity index (χ3v) is 4.35. The molecule has 0 radical (unpaired) electrons. The largest absolute Gasteiger partial charge is 0.387 e. The van der Waals surface area contributed by atoms with Crippen LogP contribution in [0.3, 0.4) is 0 Å². The molecule has 0 spiro atoms. The van der Waals surface area contributed by atoms with Crippen LogP contribution in [0.4, 0.5) is 0 Å². The maximum atomic E-state index is 12.6. The van der Waals surface area contributed by atoms with Gasteiger partial charge in [-0.2, -0.15) is 0 Å². The predicted molar refractivity (Wildman–Crippen MR) is 81.2 cm³/mol. The fraction of sp³-hybridized carbons (Fsp3) is 0.438.